The molecule has 1 fully saturated rings. The average Bonchev–Trinajstić information content (AvgIpc) is 2.65. The molecule has 3 rings (SSSR count). The van der Waals surface area contributed by atoms with E-state index in [1.807, 2.05) is 11.8 Å². The second-order valence-electron chi connectivity index (χ2n) is 5.76. The van der Waals surface area contributed by atoms with Crippen LogP contribution in [-0.4, -0.2) is 53.4 Å². The highest BCUT2D eigenvalue weighted by Gasteiger charge is 2.18. The van der Waals surface area contributed by atoms with E-state index in [9.17, 15) is 9.59 Å². The maximum atomic E-state index is 12.5. The van der Waals surface area contributed by atoms with Crippen molar-refractivity contribution in [1.82, 2.24) is 14.9 Å². The maximum absolute atomic E-state index is 12.5. The molecule has 25 heavy (non-hydrogen) atoms. The first-order valence-corrected chi connectivity index (χ1v) is 8.29. The zero-order valence-electron chi connectivity index (χ0n) is 13.8. The number of carbonyl (C=O) groups excluding carboxylic acids is 2. The number of nitrogens with one attached hydrogen (secondary N) is 1. The highest BCUT2D eigenvalue weighted by Crippen LogP contribution is 2.23. The lowest BCUT2D eigenvalue weighted by Crippen LogP contribution is -2.46. The number of halogens is 1. The molecule has 2 heterocycles. The Kier molecular flexibility index (Phi) is 5.14. The summed E-state index contributed by atoms with van der Waals surface area (Å²) in [6, 6.07) is 7.00. The topological polar surface area (TPSA) is 78.4 Å². The number of rotatable bonds is 4. The first-order valence-electron chi connectivity index (χ1n) is 7.91. The maximum Gasteiger partial charge on any atom is 0.274 e. The van der Waals surface area contributed by atoms with E-state index in [-0.39, 0.29) is 11.6 Å². The van der Waals surface area contributed by atoms with Crippen LogP contribution in [0.25, 0.3) is 0 Å². The number of nitrogens with zero attached hydrogens (tertiary/aromatic N) is 4. The zero-order valence-corrected chi connectivity index (χ0v) is 14.5. The van der Waals surface area contributed by atoms with E-state index in [4.69, 9.17) is 11.6 Å². The van der Waals surface area contributed by atoms with Crippen LogP contribution in [0.4, 0.5) is 11.5 Å². The fourth-order valence-corrected chi connectivity index (χ4v) is 2.80. The summed E-state index contributed by atoms with van der Waals surface area (Å²) >= 11 is 6.08. The van der Waals surface area contributed by atoms with E-state index in [0.29, 0.717) is 42.7 Å². The Hall–Kier alpha value is -2.67. The van der Waals surface area contributed by atoms with Gasteiger partial charge in [0.1, 0.15) is 17.8 Å². The molecule has 1 aliphatic rings. The van der Waals surface area contributed by atoms with Crippen molar-refractivity contribution in [1.29, 1.82) is 0 Å². The molecule has 1 saturated heterocycles. The van der Waals surface area contributed by atoms with Crippen LogP contribution in [0.3, 0.4) is 0 Å². The lowest BCUT2D eigenvalue weighted by atomic mass is 10.2. The number of benzene rings is 1. The molecule has 1 aliphatic heterocycles. The summed E-state index contributed by atoms with van der Waals surface area (Å²) in [7, 11) is 0. The molecule has 8 heteroatoms. The van der Waals surface area contributed by atoms with Crippen LogP contribution in [0.1, 0.15) is 16.1 Å². The molecule has 1 aromatic carbocycles. The van der Waals surface area contributed by atoms with Crippen molar-refractivity contribution in [3.63, 3.8) is 0 Å². The quantitative estimate of drug-likeness (QED) is 0.844. The van der Waals surface area contributed by atoms with Gasteiger partial charge in [0, 0.05) is 43.0 Å². The SMILES string of the molecule is Cc1c(Cl)cccc1NC(=O)c1cc(N2CCN(C=O)CC2)ncn1. The Morgan fingerprint density at radius 1 is 1.24 bits per heavy atom. The van der Waals surface area contributed by atoms with Crippen molar-refractivity contribution < 1.29 is 9.59 Å². The number of hydrogen-bond acceptors (Lipinski definition) is 5. The van der Waals surface area contributed by atoms with Gasteiger partial charge in [0.25, 0.3) is 5.91 Å². The van der Waals surface area contributed by atoms with Crippen molar-refractivity contribution >= 4 is 35.4 Å². The van der Waals surface area contributed by atoms with Crippen molar-refractivity contribution in [2.75, 3.05) is 36.4 Å². The van der Waals surface area contributed by atoms with Crippen LogP contribution in [0, 0.1) is 6.92 Å². The summed E-state index contributed by atoms with van der Waals surface area (Å²) in [6.07, 6.45) is 2.23. The molecule has 0 spiro atoms. The van der Waals surface area contributed by atoms with Crippen LogP contribution in [0.2, 0.25) is 5.02 Å². The van der Waals surface area contributed by atoms with Gasteiger partial charge in [0.15, 0.2) is 0 Å². The largest absolute Gasteiger partial charge is 0.353 e. The number of amides is 2. The third-order valence-corrected chi connectivity index (χ3v) is 4.60. The molecule has 2 amide bonds. The minimum Gasteiger partial charge on any atom is -0.353 e. The van der Waals surface area contributed by atoms with Gasteiger partial charge in [0.05, 0.1) is 0 Å². The van der Waals surface area contributed by atoms with Gasteiger partial charge in [-0.15, -0.1) is 0 Å². The Balaban J connectivity index is 1.74. The van der Waals surface area contributed by atoms with Gasteiger partial charge >= 0.3 is 0 Å². The van der Waals surface area contributed by atoms with Crippen LogP contribution in [-0.2, 0) is 4.79 Å². The second-order valence-corrected chi connectivity index (χ2v) is 6.16. The third-order valence-electron chi connectivity index (χ3n) is 4.19. The molecule has 2 aromatic rings. The van der Waals surface area contributed by atoms with E-state index < -0.39 is 0 Å². The summed E-state index contributed by atoms with van der Waals surface area (Å²) < 4.78 is 0. The Labute approximate surface area is 150 Å². The number of aromatic nitrogens is 2. The summed E-state index contributed by atoms with van der Waals surface area (Å²) in [5, 5.41) is 3.42. The van der Waals surface area contributed by atoms with Gasteiger partial charge < -0.3 is 15.1 Å². The van der Waals surface area contributed by atoms with Crippen molar-refractivity contribution in [2.45, 2.75) is 6.92 Å². The van der Waals surface area contributed by atoms with Crippen LogP contribution < -0.4 is 10.2 Å². The van der Waals surface area contributed by atoms with Crippen molar-refractivity contribution in [3.05, 3.63) is 46.9 Å². The van der Waals surface area contributed by atoms with Gasteiger partial charge in [-0.3, -0.25) is 9.59 Å². The van der Waals surface area contributed by atoms with E-state index in [1.54, 1.807) is 29.2 Å². The number of anilines is 2. The number of piperazine rings is 1. The van der Waals surface area contributed by atoms with E-state index in [2.05, 4.69) is 15.3 Å². The Bertz CT molecular complexity index is 790. The van der Waals surface area contributed by atoms with E-state index in [0.717, 1.165) is 12.0 Å². The molecular formula is C17H18ClN5O2. The minimum absolute atomic E-state index is 0.280. The Morgan fingerprint density at radius 2 is 2.00 bits per heavy atom. The third kappa shape index (κ3) is 3.88. The summed E-state index contributed by atoms with van der Waals surface area (Å²) in [5.74, 6) is 0.356. The molecule has 0 bridgehead atoms. The monoisotopic (exact) mass is 359 g/mol. The summed E-state index contributed by atoms with van der Waals surface area (Å²) in [5.41, 5.74) is 1.73. The standard InChI is InChI=1S/C17H18ClN5O2/c1-12-13(18)3-2-4-14(12)21-17(25)15-9-16(20-10-19-15)23-7-5-22(11-24)6-8-23/h2-4,9-11H,5-8H2,1H3,(H,21,25). The highest BCUT2D eigenvalue weighted by atomic mass is 35.5. The van der Waals surface area contributed by atoms with Crippen LogP contribution >= 0.6 is 11.6 Å². The first kappa shape index (κ1) is 17.2. The molecule has 0 aliphatic carbocycles. The van der Waals surface area contributed by atoms with Gasteiger partial charge in [-0.2, -0.15) is 0 Å². The van der Waals surface area contributed by atoms with Gasteiger partial charge in [-0.05, 0) is 24.6 Å². The summed E-state index contributed by atoms with van der Waals surface area (Å²) in [4.78, 5) is 35.3. The van der Waals surface area contributed by atoms with Crippen LogP contribution in [0.5, 0.6) is 0 Å². The normalized spacial score (nSPS) is 14.3. The van der Waals surface area contributed by atoms with E-state index >= 15 is 0 Å². The first-order chi connectivity index (χ1) is 12.1. The molecule has 1 N–H and O–H groups in total. The highest BCUT2D eigenvalue weighted by molar-refractivity contribution is 6.31. The zero-order chi connectivity index (χ0) is 17.8. The smallest absolute Gasteiger partial charge is 0.274 e. The predicted molar refractivity (Wildman–Crippen MR) is 96.0 cm³/mol. The molecule has 0 atom stereocenters. The molecular weight excluding hydrogens is 342 g/mol. The minimum atomic E-state index is -0.319. The molecule has 0 saturated carbocycles. The number of carbonyl (C=O) groups is 2. The predicted octanol–water partition coefficient (Wildman–Crippen LogP) is 1.97. The van der Waals surface area contributed by atoms with Gasteiger partial charge in [-0.1, -0.05) is 17.7 Å². The fourth-order valence-electron chi connectivity index (χ4n) is 2.63. The average molecular weight is 360 g/mol. The summed E-state index contributed by atoms with van der Waals surface area (Å²) in [6.45, 7) is 4.46. The van der Waals surface area contributed by atoms with Gasteiger partial charge in [0.2, 0.25) is 6.41 Å². The van der Waals surface area contributed by atoms with Crippen LogP contribution in [0.15, 0.2) is 30.6 Å². The fraction of sp³-hybridized carbons (Fsp3) is 0.294. The van der Waals surface area contributed by atoms with Crippen molar-refractivity contribution in [2.24, 2.45) is 0 Å². The van der Waals surface area contributed by atoms with Gasteiger partial charge in [-0.25, -0.2) is 9.97 Å². The molecule has 1 aromatic heterocycles. The second kappa shape index (κ2) is 7.48. The van der Waals surface area contributed by atoms with Crippen molar-refractivity contribution in [3.8, 4) is 0 Å². The lowest BCUT2D eigenvalue weighted by molar-refractivity contribution is -0.118. The molecule has 130 valence electrons. The Morgan fingerprint density at radius 3 is 2.72 bits per heavy atom. The van der Waals surface area contributed by atoms with E-state index in [1.165, 1.54) is 6.33 Å². The molecule has 0 radical (unpaired) electrons. The lowest BCUT2D eigenvalue weighted by Gasteiger charge is -2.33. The molecule has 0 unspecified atom stereocenters. The number of hydrogen-bond donors (Lipinski definition) is 1. The molecule has 7 nitrogen and oxygen atoms in total.